The summed E-state index contributed by atoms with van der Waals surface area (Å²) in [4.78, 5) is 37.5. The summed E-state index contributed by atoms with van der Waals surface area (Å²) in [5.41, 5.74) is 0.155. The molecule has 134 valence electrons. The van der Waals surface area contributed by atoms with Crippen molar-refractivity contribution in [1.29, 1.82) is 0 Å². The number of carboxylic acids is 1. The zero-order valence-electron chi connectivity index (χ0n) is 13.9. The van der Waals surface area contributed by atoms with E-state index in [1.807, 2.05) is 30.3 Å². The van der Waals surface area contributed by atoms with E-state index < -0.39 is 16.9 Å². The van der Waals surface area contributed by atoms with Crippen molar-refractivity contribution in [3.05, 3.63) is 35.9 Å². The maximum absolute atomic E-state index is 12.6. The van der Waals surface area contributed by atoms with Crippen LogP contribution in [0.3, 0.4) is 0 Å². The summed E-state index contributed by atoms with van der Waals surface area (Å²) in [6, 6.07) is 9.58. The molecule has 0 aromatic heterocycles. The van der Waals surface area contributed by atoms with E-state index in [0.717, 1.165) is 18.4 Å². The number of benzene rings is 1. The van der Waals surface area contributed by atoms with Crippen LogP contribution in [0, 0.1) is 5.92 Å². The number of carboxylic acid groups (broad SMARTS) is 1. The van der Waals surface area contributed by atoms with Gasteiger partial charge in [-0.15, -0.1) is 0 Å². The predicted molar refractivity (Wildman–Crippen MR) is 95.1 cm³/mol. The quantitative estimate of drug-likeness (QED) is 0.669. The Morgan fingerprint density at radius 1 is 1.36 bits per heavy atom. The van der Waals surface area contributed by atoms with Crippen LogP contribution in [-0.2, 0) is 20.8 Å². The maximum atomic E-state index is 12.6. The second-order valence-electron chi connectivity index (χ2n) is 6.79. The average Bonchev–Trinajstić information content (AvgIpc) is 3.27. The molecule has 2 amide bonds. The van der Waals surface area contributed by atoms with Crippen LogP contribution in [0.4, 0.5) is 0 Å². The third kappa shape index (κ3) is 3.81. The summed E-state index contributed by atoms with van der Waals surface area (Å²) < 4.78 is 0. The van der Waals surface area contributed by atoms with Crippen molar-refractivity contribution >= 4 is 30.4 Å². The molecule has 1 aromatic rings. The Labute approximate surface area is 152 Å². The molecule has 1 aliphatic carbocycles. The minimum atomic E-state index is -1.07. The smallest absolute Gasteiger partial charge is 0.323 e. The number of amides is 2. The van der Waals surface area contributed by atoms with Crippen molar-refractivity contribution in [2.75, 3.05) is 6.54 Å². The normalized spacial score (nSPS) is 26.4. The van der Waals surface area contributed by atoms with Crippen LogP contribution in [0.25, 0.3) is 0 Å². The second-order valence-corrected chi connectivity index (χ2v) is 7.41. The van der Waals surface area contributed by atoms with E-state index in [4.69, 9.17) is 5.11 Å². The van der Waals surface area contributed by atoms with Crippen LogP contribution in [0.2, 0.25) is 0 Å². The molecule has 1 aliphatic heterocycles. The first-order chi connectivity index (χ1) is 11.9. The fourth-order valence-corrected chi connectivity index (χ4v) is 3.93. The van der Waals surface area contributed by atoms with E-state index >= 15 is 0 Å². The molecule has 3 atom stereocenters. The summed E-state index contributed by atoms with van der Waals surface area (Å²) in [6.45, 7) is -0.383. The molecule has 1 heterocycles. The van der Waals surface area contributed by atoms with Crippen molar-refractivity contribution in [1.82, 2.24) is 10.2 Å². The van der Waals surface area contributed by atoms with Gasteiger partial charge in [-0.25, -0.2) is 0 Å². The SMILES string of the molecule is O=C(O)CN1C(=O)CCCC2CC21NC(=O)C(S)Cc1ccccc1. The van der Waals surface area contributed by atoms with Crippen LogP contribution in [-0.4, -0.2) is 45.2 Å². The number of carbonyl (C=O) groups is 3. The largest absolute Gasteiger partial charge is 0.480 e. The molecular formula is C18H22N2O4S. The molecule has 1 saturated heterocycles. The first kappa shape index (κ1) is 17.8. The van der Waals surface area contributed by atoms with Crippen LogP contribution < -0.4 is 5.32 Å². The molecule has 2 fully saturated rings. The lowest BCUT2D eigenvalue weighted by atomic mass is 10.1. The summed E-state index contributed by atoms with van der Waals surface area (Å²) >= 11 is 4.41. The van der Waals surface area contributed by atoms with E-state index in [1.165, 1.54) is 4.90 Å². The highest BCUT2D eigenvalue weighted by Crippen LogP contribution is 2.51. The molecule has 1 saturated carbocycles. The van der Waals surface area contributed by atoms with Gasteiger partial charge >= 0.3 is 5.97 Å². The van der Waals surface area contributed by atoms with Crippen molar-refractivity contribution in [2.24, 2.45) is 5.92 Å². The molecule has 3 rings (SSSR count). The van der Waals surface area contributed by atoms with E-state index in [0.29, 0.717) is 19.3 Å². The first-order valence-electron chi connectivity index (χ1n) is 8.48. The molecule has 2 aliphatic rings. The van der Waals surface area contributed by atoms with Crippen molar-refractivity contribution in [3.8, 4) is 0 Å². The third-order valence-corrected chi connectivity index (χ3v) is 5.42. The Hall–Kier alpha value is -2.02. The number of aliphatic carboxylic acids is 1. The number of nitrogens with one attached hydrogen (secondary N) is 1. The Morgan fingerprint density at radius 3 is 2.76 bits per heavy atom. The van der Waals surface area contributed by atoms with Crippen LogP contribution >= 0.6 is 12.6 Å². The van der Waals surface area contributed by atoms with Crippen molar-refractivity contribution < 1.29 is 19.5 Å². The lowest BCUT2D eigenvalue weighted by molar-refractivity contribution is -0.148. The number of nitrogens with zero attached hydrogens (tertiary/aromatic N) is 1. The summed E-state index contributed by atoms with van der Waals surface area (Å²) in [7, 11) is 0. The highest BCUT2D eigenvalue weighted by atomic mass is 32.1. The molecular weight excluding hydrogens is 340 g/mol. The van der Waals surface area contributed by atoms with Gasteiger partial charge in [0.15, 0.2) is 0 Å². The van der Waals surface area contributed by atoms with Crippen molar-refractivity contribution in [3.63, 3.8) is 0 Å². The van der Waals surface area contributed by atoms with Crippen LogP contribution in [0.1, 0.15) is 31.2 Å². The van der Waals surface area contributed by atoms with Gasteiger partial charge in [-0.05, 0) is 31.2 Å². The van der Waals surface area contributed by atoms with Gasteiger partial charge in [0.25, 0.3) is 0 Å². The fraction of sp³-hybridized carbons (Fsp3) is 0.500. The summed E-state index contributed by atoms with van der Waals surface area (Å²) in [6.07, 6.45) is 2.96. The summed E-state index contributed by atoms with van der Waals surface area (Å²) in [5.74, 6) is -1.41. The van der Waals surface area contributed by atoms with Gasteiger partial charge in [-0.2, -0.15) is 12.6 Å². The third-order valence-electron chi connectivity index (χ3n) is 5.01. The highest BCUT2D eigenvalue weighted by molar-refractivity contribution is 7.81. The highest BCUT2D eigenvalue weighted by Gasteiger charge is 2.61. The fourth-order valence-electron chi connectivity index (χ4n) is 3.66. The molecule has 0 bridgehead atoms. The predicted octanol–water partition coefficient (Wildman–Crippen LogP) is 1.46. The van der Waals surface area contributed by atoms with Crippen LogP contribution in [0.5, 0.6) is 0 Å². The number of fused-ring (bicyclic) bond motifs is 1. The number of likely N-dealkylation sites (tertiary alicyclic amines) is 1. The Balaban J connectivity index is 1.71. The van der Waals surface area contributed by atoms with E-state index in [1.54, 1.807) is 0 Å². The molecule has 25 heavy (non-hydrogen) atoms. The molecule has 6 nitrogen and oxygen atoms in total. The van der Waals surface area contributed by atoms with Gasteiger partial charge in [0.2, 0.25) is 11.8 Å². The number of carbonyl (C=O) groups excluding carboxylic acids is 2. The summed E-state index contributed by atoms with van der Waals surface area (Å²) in [5, 5.41) is 11.5. The topological polar surface area (TPSA) is 86.7 Å². The molecule has 7 heteroatoms. The Morgan fingerprint density at radius 2 is 2.08 bits per heavy atom. The van der Waals surface area contributed by atoms with Gasteiger partial charge < -0.3 is 15.3 Å². The van der Waals surface area contributed by atoms with Gasteiger partial charge in [0.05, 0.1) is 5.25 Å². The molecule has 0 spiro atoms. The van der Waals surface area contributed by atoms with Gasteiger partial charge in [0, 0.05) is 12.3 Å². The first-order valence-corrected chi connectivity index (χ1v) is 9.00. The molecule has 2 N–H and O–H groups in total. The Bertz CT molecular complexity index is 681. The molecule has 0 radical (unpaired) electrons. The van der Waals surface area contributed by atoms with Crippen molar-refractivity contribution in [2.45, 2.75) is 43.0 Å². The zero-order chi connectivity index (χ0) is 18.0. The standard InChI is InChI=1S/C18H22N2O4S/c21-15-8-4-7-13-10-18(13,20(15)11-16(22)23)19-17(24)14(25)9-12-5-2-1-3-6-12/h1-3,5-6,13-14,25H,4,7-11H2,(H,19,24)(H,22,23). The number of hydrogen-bond acceptors (Lipinski definition) is 4. The monoisotopic (exact) mass is 362 g/mol. The second kappa shape index (κ2) is 7.07. The lowest BCUT2D eigenvalue weighted by Gasteiger charge is -2.32. The van der Waals surface area contributed by atoms with Gasteiger partial charge in [0.1, 0.15) is 12.2 Å². The number of thiol groups is 1. The van der Waals surface area contributed by atoms with E-state index in [9.17, 15) is 14.4 Å². The van der Waals surface area contributed by atoms with E-state index in [-0.39, 0.29) is 24.3 Å². The lowest BCUT2D eigenvalue weighted by Crippen LogP contribution is -2.57. The number of rotatable bonds is 6. The zero-order valence-corrected chi connectivity index (χ0v) is 14.7. The van der Waals surface area contributed by atoms with Gasteiger partial charge in [-0.1, -0.05) is 30.3 Å². The van der Waals surface area contributed by atoms with Gasteiger partial charge in [-0.3, -0.25) is 14.4 Å². The Kier molecular flexibility index (Phi) is 5.03. The number of hydrogen-bond donors (Lipinski definition) is 3. The maximum Gasteiger partial charge on any atom is 0.323 e. The minimum Gasteiger partial charge on any atom is -0.480 e. The minimum absolute atomic E-state index is 0.125. The van der Waals surface area contributed by atoms with Crippen LogP contribution in [0.15, 0.2) is 30.3 Å². The molecule has 3 unspecified atom stereocenters. The molecule has 1 aromatic carbocycles. The van der Waals surface area contributed by atoms with E-state index in [2.05, 4.69) is 17.9 Å². The average molecular weight is 362 g/mol.